The van der Waals surface area contributed by atoms with Gasteiger partial charge in [-0.1, -0.05) is 19.1 Å². The van der Waals surface area contributed by atoms with E-state index in [0.29, 0.717) is 13.1 Å². The monoisotopic (exact) mass is 363 g/mol. The third-order valence-corrected chi connectivity index (χ3v) is 4.83. The Morgan fingerprint density at radius 2 is 1.92 bits per heavy atom. The second-order valence-corrected chi connectivity index (χ2v) is 6.59. The van der Waals surface area contributed by atoms with Crippen molar-refractivity contribution in [2.75, 3.05) is 39.8 Å². The molecule has 0 aromatic heterocycles. The molecule has 26 heavy (non-hydrogen) atoms. The Balaban J connectivity index is 1.71. The van der Waals surface area contributed by atoms with Crippen LogP contribution in [0.3, 0.4) is 0 Å². The quantitative estimate of drug-likeness (QED) is 0.686. The largest absolute Gasteiger partial charge is 0.497 e. The van der Waals surface area contributed by atoms with Crippen LogP contribution in [-0.4, -0.2) is 72.7 Å². The number of carboxylic acids is 1. The number of likely N-dealkylation sites (N-methyl/N-ethyl adjacent to an activating group) is 1. The van der Waals surface area contributed by atoms with Crippen LogP contribution < -0.4 is 10.1 Å². The van der Waals surface area contributed by atoms with Crippen molar-refractivity contribution in [3.05, 3.63) is 29.8 Å². The fourth-order valence-electron chi connectivity index (χ4n) is 3.32. The van der Waals surface area contributed by atoms with Gasteiger partial charge in [-0.15, -0.1) is 0 Å². The minimum Gasteiger partial charge on any atom is -0.497 e. The Hall–Kier alpha value is -2.12. The van der Waals surface area contributed by atoms with Gasteiger partial charge in [0.05, 0.1) is 20.2 Å². The number of piperidine rings is 1. The van der Waals surface area contributed by atoms with Crippen LogP contribution in [0.2, 0.25) is 0 Å². The SMILES string of the molecule is CCN(CC(=O)O)C1CCN(CC(=O)NCc2ccc(OC)cc2)CC1. The highest BCUT2D eigenvalue weighted by Crippen LogP contribution is 2.16. The first-order chi connectivity index (χ1) is 12.5. The molecule has 0 radical (unpaired) electrons. The predicted octanol–water partition coefficient (Wildman–Crippen LogP) is 1.18. The summed E-state index contributed by atoms with van der Waals surface area (Å²) in [5.74, 6) is 0.0244. The summed E-state index contributed by atoms with van der Waals surface area (Å²) < 4.78 is 5.12. The molecular formula is C19H29N3O4. The van der Waals surface area contributed by atoms with Crippen LogP contribution in [0.15, 0.2) is 24.3 Å². The number of likely N-dealkylation sites (tertiary alicyclic amines) is 1. The minimum atomic E-state index is -0.785. The highest BCUT2D eigenvalue weighted by Gasteiger charge is 2.25. The van der Waals surface area contributed by atoms with Crippen molar-refractivity contribution in [2.24, 2.45) is 0 Å². The van der Waals surface area contributed by atoms with Crippen molar-refractivity contribution in [2.45, 2.75) is 32.4 Å². The van der Waals surface area contributed by atoms with Gasteiger partial charge >= 0.3 is 5.97 Å². The average Bonchev–Trinajstić information content (AvgIpc) is 2.65. The van der Waals surface area contributed by atoms with E-state index in [9.17, 15) is 9.59 Å². The molecule has 1 aliphatic rings. The van der Waals surface area contributed by atoms with E-state index in [-0.39, 0.29) is 18.5 Å². The maximum atomic E-state index is 12.2. The van der Waals surface area contributed by atoms with Crippen molar-refractivity contribution >= 4 is 11.9 Å². The smallest absolute Gasteiger partial charge is 0.317 e. The molecule has 1 amide bonds. The zero-order chi connectivity index (χ0) is 18.9. The first-order valence-electron chi connectivity index (χ1n) is 9.09. The Kier molecular flexibility index (Phi) is 7.87. The topological polar surface area (TPSA) is 82.1 Å². The van der Waals surface area contributed by atoms with Gasteiger partial charge in [-0.05, 0) is 37.1 Å². The first-order valence-corrected chi connectivity index (χ1v) is 9.09. The van der Waals surface area contributed by atoms with Crippen LogP contribution in [0.1, 0.15) is 25.3 Å². The molecule has 1 aromatic rings. The van der Waals surface area contributed by atoms with E-state index in [1.807, 2.05) is 36.1 Å². The molecule has 144 valence electrons. The molecular weight excluding hydrogens is 334 g/mol. The van der Waals surface area contributed by atoms with Gasteiger partial charge < -0.3 is 15.2 Å². The molecule has 0 aliphatic carbocycles. The van der Waals surface area contributed by atoms with E-state index in [2.05, 4.69) is 10.2 Å². The number of methoxy groups -OCH3 is 1. The molecule has 0 saturated carbocycles. The van der Waals surface area contributed by atoms with Gasteiger partial charge in [0.1, 0.15) is 5.75 Å². The fraction of sp³-hybridized carbons (Fsp3) is 0.579. The third kappa shape index (κ3) is 6.31. The summed E-state index contributed by atoms with van der Waals surface area (Å²) in [5.41, 5.74) is 1.03. The minimum absolute atomic E-state index is 0.0113. The molecule has 7 heteroatoms. The fourth-order valence-corrected chi connectivity index (χ4v) is 3.32. The third-order valence-electron chi connectivity index (χ3n) is 4.83. The van der Waals surface area contributed by atoms with Gasteiger partial charge in [-0.3, -0.25) is 19.4 Å². The normalized spacial score (nSPS) is 15.8. The lowest BCUT2D eigenvalue weighted by molar-refractivity contribution is -0.139. The summed E-state index contributed by atoms with van der Waals surface area (Å²) in [6.07, 6.45) is 1.79. The molecule has 1 aliphatic heterocycles. The first kappa shape index (κ1) is 20.2. The van der Waals surface area contributed by atoms with E-state index in [0.717, 1.165) is 43.8 Å². The van der Waals surface area contributed by atoms with E-state index >= 15 is 0 Å². The van der Waals surface area contributed by atoms with Gasteiger partial charge in [-0.2, -0.15) is 0 Å². The molecule has 1 fully saturated rings. The number of carbonyl (C=O) groups is 2. The summed E-state index contributed by atoms with van der Waals surface area (Å²) in [4.78, 5) is 27.2. The molecule has 0 bridgehead atoms. The summed E-state index contributed by atoms with van der Waals surface area (Å²) in [6.45, 7) is 5.33. The van der Waals surface area contributed by atoms with Crippen LogP contribution in [0.4, 0.5) is 0 Å². The number of hydrogen-bond acceptors (Lipinski definition) is 5. The van der Waals surface area contributed by atoms with Crippen LogP contribution in [0.25, 0.3) is 0 Å². The zero-order valence-corrected chi connectivity index (χ0v) is 15.6. The number of hydrogen-bond donors (Lipinski definition) is 2. The molecule has 0 unspecified atom stereocenters. The highest BCUT2D eigenvalue weighted by molar-refractivity contribution is 5.78. The van der Waals surface area contributed by atoms with Crippen molar-refractivity contribution in [3.8, 4) is 5.75 Å². The number of aliphatic carboxylic acids is 1. The van der Waals surface area contributed by atoms with Crippen molar-refractivity contribution in [1.82, 2.24) is 15.1 Å². The Bertz CT molecular complexity index is 583. The Morgan fingerprint density at radius 3 is 2.46 bits per heavy atom. The molecule has 0 atom stereocenters. The zero-order valence-electron chi connectivity index (χ0n) is 15.6. The van der Waals surface area contributed by atoms with Gasteiger partial charge in [0, 0.05) is 25.7 Å². The van der Waals surface area contributed by atoms with Gasteiger partial charge in [0.2, 0.25) is 5.91 Å². The van der Waals surface area contributed by atoms with Crippen LogP contribution in [-0.2, 0) is 16.1 Å². The van der Waals surface area contributed by atoms with Gasteiger partial charge in [0.15, 0.2) is 0 Å². The van der Waals surface area contributed by atoms with E-state index in [1.54, 1.807) is 7.11 Å². The number of amides is 1. The summed E-state index contributed by atoms with van der Waals surface area (Å²) in [7, 11) is 1.63. The van der Waals surface area contributed by atoms with Crippen LogP contribution >= 0.6 is 0 Å². The standard InChI is InChI=1S/C19H29N3O4/c1-3-22(14-19(24)25)16-8-10-21(11-9-16)13-18(23)20-12-15-4-6-17(26-2)7-5-15/h4-7,16H,3,8-14H2,1-2H3,(H,20,23)(H,24,25). The van der Waals surface area contributed by atoms with Gasteiger partial charge in [-0.25, -0.2) is 0 Å². The lowest BCUT2D eigenvalue weighted by atomic mass is 10.0. The number of carbonyl (C=O) groups excluding carboxylic acids is 1. The molecule has 1 saturated heterocycles. The maximum absolute atomic E-state index is 12.2. The lowest BCUT2D eigenvalue weighted by Crippen LogP contribution is -2.48. The van der Waals surface area contributed by atoms with Crippen molar-refractivity contribution in [1.29, 1.82) is 0 Å². The second-order valence-electron chi connectivity index (χ2n) is 6.59. The molecule has 7 nitrogen and oxygen atoms in total. The average molecular weight is 363 g/mol. The van der Waals surface area contributed by atoms with Crippen LogP contribution in [0, 0.1) is 0 Å². The Labute approximate surface area is 154 Å². The molecule has 2 rings (SSSR count). The molecule has 1 aromatic carbocycles. The number of benzene rings is 1. The van der Waals surface area contributed by atoms with E-state index in [1.165, 1.54) is 0 Å². The molecule has 1 heterocycles. The van der Waals surface area contributed by atoms with Crippen molar-refractivity contribution in [3.63, 3.8) is 0 Å². The Morgan fingerprint density at radius 1 is 1.27 bits per heavy atom. The second kappa shape index (κ2) is 10.1. The maximum Gasteiger partial charge on any atom is 0.317 e. The van der Waals surface area contributed by atoms with Crippen molar-refractivity contribution < 1.29 is 19.4 Å². The summed E-state index contributed by atoms with van der Waals surface area (Å²) >= 11 is 0. The van der Waals surface area contributed by atoms with E-state index < -0.39 is 5.97 Å². The number of ether oxygens (including phenoxy) is 1. The summed E-state index contributed by atoms with van der Waals surface area (Å²) in [5, 5.41) is 11.9. The lowest BCUT2D eigenvalue weighted by Gasteiger charge is -2.37. The van der Waals surface area contributed by atoms with E-state index in [4.69, 9.17) is 9.84 Å². The van der Waals surface area contributed by atoms with Crippen LogP contribution in [0.5, 0.6) is 5.75 Å². The number of carboxylic acid groups (broad SMARTS) is 1. The highest BCUT2D eigenvalue weighted by atomic mass is 16.5. The number of rotatable bonds is 9. The molecule has 0 spiro atoms. The summed E-state index contributed by atoms with van der Waals surface area (Å²) in [6, 6.07) is 7.92. The predicted molar refractivity (Wildman–Crippen MR) is 99.2 cm³/mol. The number of nitrogens with one attached hydrogen (secondary N) is 1. The molecule has 2 N–H and O–H groups in total. The number of nitrogens with zero attached hydrogens (tertiary/aromatic N) is 2. The van der Waals surface area contributed by atoms with Gasteiger partial charge in [0.25, 0.3) is 0 Å².